The first-order chi connectivity index (χ1) is 12.1. The van der Waals surface area contributed by atoms with Gasteiger partial charge in [0.1, 0.15) is 0 Å². The summed E-state index contributed by atoms with van der Waals surface area (Å²) in [4.78, 5) is 14.4. The maximum atomic E-state index is 12.7. The normalized spacial score (nSPS) is 19.8. The second-order valence-electron chi connectivity index (χ2n) is 6.23. The largest absolute Gasteiger partial charge is 0.334 e. The minimum atomic E-state index is -3.17. The van der Waals surface area contributed by atoms with Crippen LogP contribution in [-0.2, 0) is 16.4 Å². The molecule has 132 valence electrons. The quantitative estimate of drug-likeness (QED) is 0.917. The molecule has 0 radical (unpaired) electrons. The molecule has 1 unspecified atom stereocenters. The van der Waals surface area contributed by atoms with Crippen molar-refractivity contribution in [2.24, 2.45) is 0 Å². The van der Waals surface area contributed by atoms with Crippen molar-refractivity contribution >= 4 is 15.9 Å². The van der Waals surface area contributed by atoms with Crippen LogP contribution in [0.25, 0.3) is 0 Å². The lowest BCUT2D eigenvalue weighted by molar-refractivity contribution is 0.181. The van der Waals surface area contributed by atoms with Gasteiger partial charge in [-0.05, 0) is 17.5 Å². The summed E-state index contributed by atoms with van der Waals surface area (Å²) in [7, 11) is -3.17. The molecule has 1 saturated heterocycles. The zero-order chi connectivity index (χ0) is 17.7. The van der Waals surface area contributed by atoms with E-state index in [9.17, 15) is 13.2 Å². The average molecular weight is 358 g/mol. The fourth-order valence-corrected chi connectivity index (χ4v) is 4.68. The first kappa shape index (κ1) is 17.5. The van der Waals surface area contributed by atoms with Crippen LogP contribution in [0.5, 0.6) is 0 Å². The van der Waals surface area contributed by atoms with Crippen LogP contribution in [0.4, 0.5) is 4.79 Å². The van der Waals surface area contributed by atoms with Crippen LogP contribution in [0, 0.1) is 0 Å². The minimum absolute atomic E-state index is 0.0320. The molecular weight excluding hydrogens is 336 g/mol. The van der Waals surface area contributed by atoms with Crippen LogP contribution in [0.1, 0.15) is 23.6 Å². The Morgan fingerprint density at radius 1 is 1.04 bits per heavy atom. The van der Waals surface area contributed by atoms with E-state index in [0.717, 1.165) is 11.1 Å². The SMILES string of the molecule is O=C(NCc1ccccc1)N1CCCS(=O)(=O)CC1c1ccccc1. The second kappa shape index (κ2) is 7.70. The van der Waals surface area contributed by atoms with Gasteiger partial charge < -0.3 is 10.2 Å². The molecule has 0 spiro atoms. The Hall–Kier alpha value is -2.34. The highest BCUT2D eigenvalue weighted by Crippen LogP contribution is 2.26. The third-order valence-electron chi connectivity index (χ3n) is 4.37. The Morgan fingerprint density at radius 3 is 2.36 bits per heavy atom. The fraction of sp³-hybridized carbons (Fsp3) is 0.316. The van der Waals surface area contributed by atoms with E-state index >= 15 is 0 Å². The number of carbonyl (C=O) groups excluding carboxylic acids is 1. The molecule has 1 aliphatic rings. The predicted octanol–water partition coefficient (Wildman–Crippen LogP) is 2.76. The number of hydrogen-bond donors (Lipinski definition) is 1. The Balaban J connectivity index is 1.79. The van der Waals surface area contributed by atoms with Crippen molar-refractivity contribution in [2.75, 3.05) is 18.1 Å². The third kappa shape index (κ3) is 4.60. The van der Waals surface area contributed by atoms with Gasteiger partial charge >= 0.3 is 6.03 Å². The molecular formula is C19H22N2O3S. The first-order valence-corrected chi connectivity index (χ1v) is 10.2. The minimum Gasteiger partial charge on any atom is -0.334 e. The van der Waals surface area contributed by atoms with E-state index < -0.39 is 15.9 Å². The monoisotopic (exact) mass is 358 g/mol. The van der Waals surface area contributed by atoms with E-state index in [1.807, 2.05) is 60.7 Å². The summed E-state index contributed by atoms with van der Waals surface area (Å²) >= 11 is 0. The summed E-state index contributed by atoms with van der Waals surface area (Å²) in [5.74, 6) is 0.0918. The number of urea groups is 1. The van der Waals surface area contributed by atoms with Gasteiger partial charge in [-0.1, -0.05) is 60.7 Å². The maximum absolute atomic E-state index is 12.7. The van der Waals surface area contributed by atoms with E-state index in [0.29, 0.717) is 19.5 Å². The average Bonchev–Trinajstić information content (AvgIpc) is 2.79. The molecule has 1 heterocycles. The van der Waals surface area contributed by atoms with Gasteiger partial charge in [0.15, 0.2) is 9.84 Å². The highest BCUT2D eigenvalue weighted by atomic mass is 32.2. The summed E-state index contributed by atoms with van der Waals surface area (Å²) in [6.45, 7) is 0.851. The van der Waals surface area contributed by atoms with Crippen molar-refractivity contribution in [2.45, 2.75) is 19.0 Å². The lowest BCUT2D eigenvalue weighted by Crippen LogP contribution is -2.43. The van der Waals surface area contributed by atoms with Gasteiger partial charge in [-0.3, -0.25) is 0 Å². The molecule has 1 N–H and O–H groups in total. The Bertz CT molecular complexity index is 807. The molecule has 3 rings (SSSR count). The summed E-state index contributed by atoms with van der Waals surface area (Å²) in [5, 5.41) is 2.92. The molecule has 1 aliphatic heterocycles. The van der Waals surface area contributed by atoms with Crippen LogP contribution in [0.3, 0.4) is 0 Å². The molecule has 2 amide bonds. The fourth-order valence-electron chi connectivity index (χ4n) is 3.09. The molecule has 5 nitrogen and oxygen atoms in total. The van der Waals surface area contributed by atoms with Gasteiger partial charge in [0.2, 0.25) is 0 Å². The Labute approximate surface area is 148 Å². The van der Waals surface area contributed by atoms with Crippen LogP contribution < -0.4 is 5.32 Å². The molecule has 0 saturated carbocycles. The molecule has 2 aromatic carbocycles. The molecule has 1 atom stereocenters. The number of sulfone groups is 1. The third-order valence-corrected chi connectivity index (χ3v) is 6.11. The first-order valence-electron chi connectivity index (χ1n) is 8.39. The summed E-state index contributed by atoms with van der Waals surface area (Å²) < 4.78 is 24.5. The van der Waals surface area contributed by atoms with Crippen LogP contribution >= 0.6 is 0 Å². The van der Waals surface area contributed by atoms with Crippen LogP contribution in [0.15, 0.2) is 60.7 Å². The van der Waals surface area contributed by atoms with Crippen molar-refractivity contribution in [3.05, 3.63) is 71.8 Å². The molecule has 2 aromatic rings. The van der Waals surface area contributed by atoms with E-state index in [1.165, 1.54) is 0 Å². The zero-order valence-corrected chi connectivity index (χ0v) is 14.8. The number of amides is 2. The molecule has 1 fully saturated rings. The van der Waals surface area contributed by atoms with E-state index in [2.05, 4.69) is 5.32 Å². The van der Waals surface area contributed by atoms with Crippen molar-refractivity contribution in [3.63, 3.8) is 0 Å². The topological polar surface area (TPSA) is 66.5 Å². The lowest BCUT2D eigenvalue weighted by atomic mass is 10.1. The number of rotatable bonds is 3. The standard InChI is InChI=1S/C19H22N2O3S/c22-19(20-14-16-8-3-1-4-9-16)21-12-7-13-25(23,24)15-18(21)17-10-5-2-6-11-17/h1-6,8-11,18H,7,12-15H2,(H,20,22). The molecule has 0 aromatic heterocycles. The van der Waals surface area contributed by atoms with Gasteiger partial charge in [0.05, 0.1) is 17.5 Å². The van der Waals surface area contributed by atoms with Gasteiger partial charge in [-0.15, -0.1) is 0 Å². The van der Waals surface area contributed by atoms with Crippen LogP contribution in [0.2, 0.25) is 0 Å². The van der Waals surface area contributed by atoms with Gasteiger partial charge in [0, 0.05) is 13.1 Å². The number of carbonyl (C=O) groups is 1. The number of benzene rings is 2. The highest BCUT2D eigenvalue weighted by Gasteiger charge is 2.32. The molecule has 0 bridgehead atoms. The van der Waals surface area contributed by atoms with Crippen molar-refractivity contribution in [1.82, 2.24) is 10.2 Å². The van der Waals surface area contributed by atoms with E-state index in [4.69, 9.17) is 0 Å². The number of hydrogen-bond acceptors (Lipinski definition) is 3. The van der Waals surface area contributed by atoms with Gasteiger partial charge in [0.25, 0.3) is 0 Å². The Kier molecular flexibility index (Phi) is 5.38. The van der Waals surface area contributed by atoms with Crippen LogP contribution in [-0.4, -0.2) is 37.4 Å². The van der Waals surface area contributed by atoms with Gasteiger partial charge in [-0.2, -0.15) is 0 Å². The Morgan fingerprint density at radius 2 is 1.68 bits per heavy atom. The molecule has 6 heteroatoms. The van der Waals surface area contributed by atoms with Gasteiger partial charge in [-0.25, -0.2) is 13.2 Å². The number of nitrogens with one attached hydrogen (secondary N) is 1. The smallest absolute Gasteiger partial charge is 0.318 e. The summed E-state index contributed by atoms with van der Waals surface area (Å²) in [6.07, 6.45) is 0.463. The summed E-state index contributed by atoms with van der Waals surface area (Å²) in [5.41, 5.74) is 1.86. The predicted molar refractivity (Wildman–Crippen MR) is 97.8 cm³/mol. The highest BCUT2D eigenvalue weighted by molar-refractivity contribution is 7.91. The zero-order valence-electron chi connectivity index (χ0n) is 14.0. The van der Waals surface area contributed by atoms with Crippen molar-refractivity contribution in [1.29, 1.82) is 0 Å². The van der Waals surface area contributed by atoms with Crippen molar-refractivity contribution in [3.8, 4) is 0 Å². The van der Waals surface area contributed by atoms with Crippen molar-refractivity contribution < 1.29 is 13.2 Å². The maximum Gasteiger partial charge on any atom is 0.318 e. The molecule has 25 heavy (non-hydrogen) atoms. The van der Waals surface area contributed by atoms with E-state index in [1.54, 1.807) is 4.90 Å². The summed E-state index contributed by atoms with van der Waals surface area (Å²) in [6, 6.07) is 18.4. The lowest BCUT2D eigenvalue weighted by Gasteiger charge is -2.30. The molecule has 0 aliphatic carbocycles. The van der Waals surface area contributed by atoms with E-state index in [-0.39, 0.29) is 17.5 Å². The second-order valence-corrected chi connectivity index (χ2v) is 8.46. The number of nitrogens with zero attached hydrogens (tertiary/aromatic N) is 1.